The molecule has 2 fully saturated rings. The van der Waals surface area contributed by atoms with Crippen molar-refractivity contribution in [2.75, 3.05) is 13.1 Å². The highest BCUT2D eigenvalue weighted by atomic mass is 16.7. The first-order chi connectivity index (χ1) is 17.5. The molecule has 8 nitrogen and oxygen atoms in total. The maximum atomic E-state index is 13.0. The number of hydrogen-bond donors (Lipinski definition) is 1. The molecule has 0 bridgehead atoms. The van der Waals surface area contributed by atoms with Gasteiger partial charge in [-0.05, 0) is 36.8 Å². The molecule has 1 aliphatic carbocycles. The van der Waals surface area contributed by atoms with Gasteiger partial charge in [0.1, 0.15) is 11.9 Å². The zero-order valence-electron chi connectivity index (χ0n) is 20.3. The molecule has 188 valence electrons. The Kier molecular flexibility index (Phi) is 7.13. The molecule has 0 radical (unpaired) electrons. The van der Waals surface area contributed by atoms with Crippen LogP contribution in [0.5, 0.6) is 0 Å². The van der Waals surface area contributed by atoms with E-state index >= 15 is 0 Å². The van der Waals surface area contributed by atoms with Crippen molar-refractivity contribution in [2.45, 2.75) is 63.0 Å². The van der Waals surface area contributed by atoms with Crippen LogP contribution in [0.25, 0.3) is 11.4 Å². The summed E-state index contributed by atoms with van der Waals surface area (Å²) >= 11 is 0. The van der Waals surface area contributed by atoms with Crippen molar-refractivity contribution in [3.8, 4) is 11.4 Å². The Bertz CT molecular complexity index is 1190. The van der Waals surface area contributed by atoms with E-state index in [-0.39, 0.29) is 6.10 Å². The SMILES string of the molecule is O=C(O)OC1CN(Cc2ccc(-c3noc(CCCC4(c5ccccc5)CCCCC4=O)n3)cc2)C1. The lowest BCUT2D eigenvalue weighted by atomic mass is 9.66. The predicted molar refractivity (Wildman–Crippen MR) is 132 cm³/mol. The van der Waals surface area contributed by atoms with Gasteiger partial charge in [0.2, 0.25) is 11.7 Å². The molecule has 2 aliphatic rings. The number of benzene rings is 2. The van der Waals surface area contributed by atoms with E-state index in [1.54, 1.807) is 0 Å². The van der Waals surface area contributed by atoms with E-state index in [0.29, 0.717) is 43.4 Å². The molecular formula is C28H31N3O5. The van der Waals surface area contributed by atoms with Gasteiger partial charge in [0.25, 0.3) is 0 Å². The van der Waals surface area contributed by atoms with Gasteiger partial charge >= 0.3 is 6.16 Å². The molecule has 1 saturated carbocycles. The van der Waals surface area contributed by atoms with Crippen molar-refractivity contribution in [3.63, 3.8) is 0 Å². The third-order valence-electron chi connectivity index (χ3n) is 7.39. The van der Waals surface area contributed by atoms with Crippen LogP contribution < -0.4 is 0 Å². The van der Waals surface area contributed by atoms with Crippen molar-refractivity contribution >= 4 is 11.9 Å². The minimum Gasteiger partial charge on any atom is -0.450 e. The summed E-state index contributed by atoms with van der Waals surface area (Å²) < 4.78 is 10.3. The first kappa shape index (κ1) is 24.2. The molecule has 2 aromatic carbocycles. The fourth-order valence-corrected chi connectivity index (χ4v) is 5.46. The van der Waals surface area contributed by atoms with Crippen molar-refractivity contribution < 1.29 is 24.0 Å². The summed E-state index contributed by atoms with van der Waals surface area (Å²) in [5, 5.41) is 12.8. The third kappa shape index (κ3) is 5.33. The topological polar surface area (TPSA) is 106 Å². The maximum absolute atomic E-state index is 13.0. The van der Waals surface area contributed by atoms with Crippen LogP contribution in [0.15, 0.2) is 59.1 Å². The van der Waals surface area contributed by atoms with Gasteiger partial charge in [-0.3, -0.25) is 9.69 Å². The largest absolute Gasteiger partial charge is 0.506 e. The number of aryl methyl sites for hydroxylation is 1. The molecule has 36 heavy (non-hydrogen) atoms. The van der Waals surface area contributed by atoms with E-state index < -0.39 is 11.6 Å². The second kappa shape index (κ2) is 10.6. The van der Waals surface area contributed by atoms with Gasteiger partial charge in [-0.25, -0.2) is 4.79 Å². The molecule has 1 aromatic heterocycles. The number of aromatic nitrogens is 2. The first-order valence-corrected chi connectivity index (χ1v) is 12.6. The second-order valence-electron chi connectivity index (χ2n) is 9.84. The number of likely N-dealkylation sites (tertiary alicyclic amines) is 1. The number of nitrogens with zero attached hydrogens (tertiary/aromatic N) is 3. The van der Waals surface area contributed by atoms with Crippen molar-refractivity contribution in [1.82, 2.24) is 15.0 Å². The van der Waals surface area contributed by atoms with Crippen LogP contribution in [0.2, 0.25) is 0 Å². The minimum atomic E-state index is -1.22. The smallest absolute Gasteiger partial charge is 0.450 e. The van der Waals surface area contributed by atoms with Gasteiger partial charge in [-0.1, -0.05) is 66.2 Å². The summed E-state index contributed by atoms with van der Waals surface area (Å²) in [4.78, 5) is 30.3. The second-order valence-corrected chi connectivity index (χ2v) is 9.84. The fraction of sp³-hybridized carbons (Fsp3) is 0.429. The Morgan fingerprint density at radius 2 is 1.89 bits per heavy atom. The normalized spacial score (nSPS) is 20.7. The highest BCUT2D eigenvalue weighted by Gasteiger charge is 2.40. The number of hydrogen-bond acceptors (Lipinski definition) is 7. The molecule has 5 rings (SSSR count). The average molecular weight is 490 g/mol. The molecule has 0 spiro atoms. The van der Waals surface area contributed by atoms with Crippen LogP contribution in [0.1, 0.15) is 55.5 Å². The minimum absolute atomic E-state index is 0.238. The van der Waals surface area contributed by atoms with Gasteiger partial charge in [0.05, 0.1) is 5.41 Å². The molecule has 1 saturated heterocycles. The molecule has 0 amide bonds. The van der Waals surface area contributed by atoms with Gasteiger partial charge in [0.15, 0.2) is 0 Å². The highest BCUT2D eigenvalue weighted by molar-refractivity contribution is 5.90. The van der Waals surface area contributed by atoms with Crippen LogP contribution in [0.4, 0.5) is 4.79 Å². The zero-order valence-corrected chi connectivity index (χ0v) is 20.3. The Morgan fingerprint density at radius 3 is 2.61 bits per heavy atom. The van der Waals surface area contributed by atoms with E-state index in [2.05, 4.69) is 27.2 Å². The Morgan fingerprint density at radius 1 is 1.11 bits per heavy atom. The number of Topliss-reactive ketones (excluding diaryl/α,β-unsaturated/α-hetero) is 1. The lowest BCUT2D eigenvalue weighted by molar-refractivity contribution is -0.127. The zero-order chi connectivity index (χ0) is 25.0. The van der Waals surface area contributed by atoms with E-state index in [1.165, 1.54) is 0 Å². The third-order valence-corrected chi connectivity index (χ3v) is 7.39. The number of carboxylic acid groups (broad SMARTS) is 1. The van der Waals surface area contributed by atoms with Gasteiger partial charge in [-0.2, -0.15) is 4.98 Å². The molecule has 1 unspecified atom stereocenters. The quantitative estimate of drug-likeness (QED) is 0.418. The monoisotopic (exact) mass is 489 g/mol. The molecule has 8 heteroatoms. The lowest BCUT2D eigenvalue weighted by Gasteiger charge is -2.37. The van der Waals surface area contributed by atoms with Crippen LogP contribution in [0, 0.1) is 0 Å². The maximum Gasteiger partial charge on any atom is 0.506 e. The van der Waals surface area contributed by atoms with E-state index in [0.717, 1.165) is 55.3 Å². The van der Waals surface area contributed by atoms with Gasteiger partial charge in [0, 0.05) is 38.0 Å². The molecule has 1 N–H and O–H groups in total. The standard InChI is InChI=1S/C28H31N3O5/c32-24-9-4-5-15-28(24,22-7-2-1-3-8-22)16-6-10-25-29-26(30-36-25)21-13-11-20(12-14-21)17-31-18-23(19-31)35-27(33)34/h1-3,7-8,11-14,23H,4-6,9-10,15-19H2,(H,33,34). The Labute approximate surface area is 210 Å². The van der Waals surface area contributed by atoms with E-state index in [9.17, 15) is 9.59 Å². The summed E-state index contributed by atoms with van der Waals surface area (Å²) in [5.74, 6) is 1.50. The predicted octanol–water partition coefficient (Wildman–Crippen LogP) is 5.02. The van der Waals surface area contributed by atoms with Crippen LogP contribution >= 0.6 is 0 Å². The van der Waals surface area contributed by atoms with Gasteiger partial charge in [-0.15, -0.1) is 0 Å². The van der Waals surface area contributed by atoms with Crippen molar-refractivity contribution in [1.29, 1.82) is 0 Å². The van der Waals surface area contributed by atoms with Crippen LogP contribution in [-0.4, -0.2) is 51.3 Å². The fourth-order valence-electron chi connectivity index (χ4n) is 5.46. The summed E-state index contributed by atoms with van der Waals surface area (Å²) in [5.41, 5.74) is 2.74. The van der Waals surface area contributed by atoms with E-state index in [1.807, 2.05) is 42.5 Å². The van der Waals surface area contributed by atoms with Crippen LogP contribution in [-0.2, 0) is 27.9 Å². The summed E-state index contributed by atoms with van der Waals surface area (Å²) in [6.45, 7) is 1.96. The Hall–Kier alpha value is -3.52. The Balaban J connectivity index is 1.16. The summed E-state index contributed by atoms with van der Waals surface area (Å²) in [7, 11) is 0. The summed E-state index contributed by atoms with van der Waals surface area (Å²) in [6.07, 6.45) is 4.40. The number of ketones is 1. The first-order valence-electron chi connectivity index (χ1n) is 12.6. The molecule has 1 aliphatic heterocycles. The van der Waals surface area contributed by atoms with E-state index in [4.69, 9.17) is 14.4 Å². The average Bonchev–Trinajstić information content (AvgIpc) is 3.33. The lowest BCUT2D eigenvalue weighted by Crippen LogP contribution is -2.52. The summed E-state index contributed by atoms with van der Waals surface area (Å²) in [6, 6.07) is 18.2. The van der Waals surface area contributed by atoms with Crippen LogP contribution in [0.3, 0.4) is 0 Å². The number of rotatable bonds is 9. The molecular weight excluding hydrogens is 458 g/mol. The molecule has 3 aromatic rings. The van der Waals surface area contributed by atoms with Crippen molar-refractivity contribution in [3.05, 3.63) is 71.6 Å². The molecule has 1 atom stereocenters. The number of carbonyl (C=O) groups excluding carboxylic acids is 1. The highest BCUT2D eigenvalue weighted by Crippen LogP contribution is 2.40. The number of ether oxygens (including phenoxy) is 1. The van der Waals surface area contributed by atoms with Gasteiger partial charge < -0.3 is 14.4 Å². The molecule has 2 heterocycles. The van der Waals surface area contributed by atoms with Crippen molar-refractivity contribution in [2.24, 2.45) is 0 Å². The number of carbonyl (C=O) groups is 2.